The Hall–Kier alpha value is -3.66. The summed E-state index contributed by atoms with van der Waals surface area (Å²) in [5, 5.41) is 0. The lowest BCUT2D eigenvalue weighted by Crippen LogP contribution is -2.47. The number of guanidine groups is 1. The third kappa shape index (κ3) is 2.60. The van der Waals surface area contributed by atoms with Crippen molar-refractivity contribution < 1.29 is 18.4 Å². The fraction of sp³-hybridized carbons (Fsp3) is 0.182. The molecule has 142 valence electrons. The van der Waals surface area contributed by atoms with Crippen molar-refractivity contribution in [1.82, 2.24) is 4.90 Å². The second kappa shape index (κ2) is 6.17. The van der Waals surface area contributed by atoms with Gasteiger partial charge in [0.1, 0.15) is 29.5 Å². The van der Waals surface area contributed by atoms with E-state index < -0.39 is 28.8 Å². The van der Waals surface area contributed by atoms with Gasteiger partial charge in [0, 0.05) is 11.1 Å². The average molecular weight is 389 g/mol. The van der Waals surface area contributed by atoms with E-state index in [0.29, 0.717) is 19.1 Å². The Bertz CT molecular complexity index is 1160. The van der Waals surface area contributed by atoms with Crippen molar-refractivity contribution in [2.75, 3.05) is 0 Å². The van der Waals surface area contributed by atoms with Crippen molar-refractivity contribution >= 4 is 23.9 Å². The molecule has 1 amide bonds. The number of carbonyl (C=O) groups excluding carboxylic acids is 2. The molecule has 0 radical (unpaired) electrons. The molecule has 2 aliphatic heterocycles. The summed E-state index contributed by atoms with van der Waals surface area (Å²) < 4.78 is 29.7. The SMILES string of the molecule is O=CC1C(c2c(F)cc(C#Cc3ccccc3)cc2F)=NC2=NC(=O)C3(CC3)N21. The van der Waals surface area contributed by atoms with Crippen molar-refractivity contribution in [2.24, 2.45) is 9.98 Å². The molecule has 2 heterocycles. The van der Waals surface area contributed by atoms with Crippen LogP contribution in [-0.2, 0) is 9.59 Å². The van der Waals surface area contributed by atoms with E-state index in [-0.39, 0.29) is 23.1 Å². The number of aliphatic imine (C=N–C) groups is 2. The molecule has 0 N–H and O–H groups in total. The van der Waals surface area contributed by atoms with E-state index in [9.17, 15) is 18.4 Å². The lowest BCUT2D eigenvalue weighted by atomic mass is 9.99. The van der Waals surface area contributed by atoms with E-state index in [2.05, 4.69) is 21.8 Å². The third-order valence-electron chi connectivity index (χ3n) is 5.33. The van der Waals surface area contributed by atoms with Crippen LogP contribution in [0.15, 0.2) is 52.4 Å². The molecule has 0 bridgehead atoms. The van der Waals surface area contributed by atoms with E-state index in [0.717, 1.165) is 17.7 Å². The van der Waals surface area contributed by atoms with Crippen LogP contribution in [0.1, 0.15) is 29.5 Å². The van der Waals surface area contributed by atoms with E-state index in [1.807, 2.05) is 18.2 Å². The van der Waals surface area contributed by atoms with Gasteiger partial charge in [-0.3, -0.25) is 4.79 Å². The number of fused-ring (bicyclic) bond motifs is 2. The fourth-order valence-electron chi connectivity index (χ4n) is 3.77. The molecule has 2 aromatic carbocycles. The van der Waals surface area contributed by atoms with Crippen molar-refractivity contribution in [3.63, 3.8) is 0 Å². The van der Waals surface area contributed by atoms with Gasteiger partial charge in [-0.1, -0.05) is 30.0 Å². The summed E-state index contributed by atoms with van der Waals surface area (Å²) in [7, 11) is 0. The van der Waals surface area contributed by atoms with Crippen LogP contribution in [-0.4, -0.2) is 40.3 Å². The molecule has 1 saturated carbocycles. The largest absolute Gasteiger partial charge is 0.310 e. The molecule has 3 aliphatic rings. The zero-order chi connectivity index (χ0) is 20.2. The van der Waals surface area contributed by atoms with Crippen LogP contribution in [0.5, 0.6) is 0 Å². The molecule has 7 heteroatoms. The Morgan fingerprint density at radius 2 is 1.69 bits per heavy atom. The van der Waals surface area contributed by atoms with Gasteiger partial charge in [-0.2, -0.15) is 4.99 Å². The number of hydrogen-bond donors (Lipinski definition) is 0. The summed E-state index contributed by atoms with van der Waals surface area (Å²) in [6.07, 6.45) is 1.64. The van der Waals surface area contributed by atoms with Crippen LogP contribution >= 0.6 is 0 Å². The summed E-state index contributed by atoms with van der Waals surface area (Å²) in [6.45, 7) is 0. The number of benzene rings is 2. The van der Waals surface area contributed by atoms with Crippen LogP contribution < -0.4 is 0 Å². The van der Waals surface area contributed by atoms with Crippen LogP contribution in [0.25, 0.3) is 0 Å². The molecule has 1 unspecified atom stereocenters. The number of amides is 1. The smallest absolute Gasteiger partial charge is 0.274 e. The third-order valence-corrected chi connectivity index (χ3v) is 5.33. The average Bonchev–Trinajstić information content (AvgIpc) is 3.37. The molecule has 5 rings (SSSR count). The first-order valence-corrected chi connectivity index (χ1v) is 9.06. The highest BCUT2D eigenvalue weighted by Gasteiger charge is 2.64. The van der Waals surface area contributed by atoms with Gasteiger partial charge in [-0.15, -0.1) is 0 Å². The van der Waals surface area contributed by atoms with Crippen molar-refractivity contribution in [2.45, 2.75) is 24.4 Å². The molecular weight excluding hydrogens is 376 g/mol. The van der Waals surface area contributed by atoms with Crippen LogP contribution in [0.2, 0.25) is 0 Å². The van der Waals surface area contributed by atoms with Gasteiger partial charge < -0.3 is 9.69 Å². The molecule has 1 fully saturated rings. The van der Waals surface area contributed by atoms with Gasteiger partial charge in [-0.05, 0) is 37.1 Å². The minimum Gasteiger partial charge on any atom is -0.310 e. The lowest BCUT2D eigenvalue weighted by Gasteiger charge is -2.25. The topological polar surface area (TPSA) is 62.1 Å². The van der Waals surface area contributed by atoms with Crippen LogP contribution in [0.4, 0.5) is 8.78 Å². The minimum absolute atomic E-state index is 0.0475. The van der Waals surface area contributed by atoms with E-state index in [4.69, 9.17) is 0 Å². The first-order valence-electron chi connectivity index (χ1n) is 9.06. The Labute approximate surface area is 164 Å². The second-order valence-electron chi connectivity index (χ2n) is 7.13. The normalized spacial score (nSPS) is 20.7. The Morgan fingerprint density at radius 3 is 2.31 bits per heavy atom. The highest BCUT2D eigenvalue weighted by molar-refractivity contribution is 6.25. The number of nitrogens with zero attached hydrogens (tertiary/aromatic N) is 3. The lowest BCUT2D eigenvalue weighted by molar-refractivity contribution is -0.122. The van der Waals surface area contributed by atoms with Crippen LogP contribution in [0.3, 0.4) is 0 Å². The number of carbonyl (C=O) groups is 2. The highest BCUT2D eigenvalue weighted by Crippen LogP contribution is 2.49. The van der Waals surface area contributed by atoms with Gasteiger partial charge in [0.15, 0.2) is 0 Å². The zero-order valence-electron chi connectivity index (χ0n) is 15.0. The molecule has 0 aromatic heterocycles. The van der Waals surface area contributed by atoms with Crippen molar-refractivity contribution in [1.29, 1.82) is 0 Å². The Balaban J connectivity index is 1.53. The fourth-order valence-corrected chi connectivity index (χ4v) is 3.77. The predicted octanol–water partition coefficient (Wildman–Crippen LogP) is 2.47. The molecule has 0 saturated heterocycles. The minimum atomic E-state index is -1.05. The number of aldehydes is 1. The molecule has 5 nitrogen and oxygen atoms in total. The van der Waals surface area contributed by atoms with E-state index in [1.54, 1.807) is 12.1 Å². The quantitative estimate of drug-likeness (QED) is 0.586. The maximum atomic E-state index is 14.8. The molecule has 1 aliphatic carbocycles. The van der Waals surface area contributed by atoms with Crippen molar-refractivity contribution in [3.05, 3.63) is 70.8 Å². The maximum absolute atomic E-state index is 14.8. The number of halogens is 2. The Morgan fingerprint density at radius 1 is 1.03 bits per heavy atom. The van der Waals surface area contributed by atoms with Gasteiger partial charge in [0.2, 0.25) is 5.96 Å². The predicted molar refractivity (Wildman–Crippen MR) is 101 cm³/mol. The molecule has 29 heavy (non-hydrogen) atoms. The zero-order valence-corrected chi connectivity index (χ0v) is 15.0. The maximum Gasteiger partial charge on any atom is 0.274 e. The summed E-state index contributed by atoms with van der Waals surface area (Å²) >= 11 is 0. The van der Waals surface area contributed by atoms with Gasteiger partial charge in [0.05, 0.1) is 11.3 Å². The van der Waals surface area contributed by atoms with Gasteiger partial charge >= 0.3 is 0 Å². The van der Waals surface area contributed by atoms with Crippen LogP contribution in [0, 0.1) is 23.5 Å². The standard InChI is InChI=1S/C22H13F2N3O2/c23-15-10-14(7-6-13-4-2-1-3-5-13)11-16(24)18(15)19-17(12-28)27-21(25-19)26-20(29)22(27)8-9-22/h1-5,10-12,17H,8-9H2. The van der Waals surface area contributed by atoms with E-state index in [1.165, 1.54) is 4.90 Å². The first-order chi connectivity index (χ1) is 14.0. The second-order valence-corrected chi connectivity index (χ2v) is 7.13. The Kier molecular flexibility index (Phi) is 3.71. The summed E-state index contributed by atoms with van der Waals surface area (Å²) in [4.78, 5) is 33.3. The summed E-state index contributed by atoms with van der Waals surface area (Å²) in [5.74, 6) is 3.54. The molecule has 2 aromatic rings. The van der Waals surface area contributed by atoms with Crippen molar-refractivity contribution in [3.8, 4) is 11.8 Å². The molecule has 1 atom stereocenters. The summed E-state index contributed by atoms with van der Waals surface area (Å²) in [6, 6.07) is 10.2. The molecular formula is C22H13F2N3O2. The first kappa shape index (κ1) is 17.4. The number of rotatable bonds is 2. The molecule has 1 spiro atoms. The summed E-state index contributed by atoms with van der Waals surface area (Å²) in [5.41, 5.74) is -0.458. The van der Waals surface area contributed by atoms with Gasteiger partial charge in [-0.25, -0.2) is 13.8 Å². The van der Waals surface area contributed by atoms with Gasteiger partial charge in [0.25, 0.3) is 5.91 Å². The number of hydrogen-bond acceptors (Lipinski definition) is 4. The highest BCUT2D eigenvalue weighted by atomic mass is 19.1. The monoisotopic (exact) mass is 389 g/mol. The van der Waals surface area contributed by atoms with E-state index >= 15 is 0 Å².